The number of rotatable bonds is 6. The molecule has 0 saturated heterocycles. The van der Waals surface area contributed by atoms with Gasteiger partial charge in [-0.25, -0.2) is 4.98 Å². The summed E-state index contributed by atoms with van der Waals surface area (Å²) in [6.07, 6.45) is 0.707. The van der Waals surface area contributed by atoms with Gasteiger partial charge < -0.3 is 10.1 Å². The van der Waals surface area contributed by atoms with Crippen LogP contribution in [0.1, 0.15) is 15.4 Å². The summed E-state index contributed by atoms with van der Waals surface area (Å²) in [4.78, 5) is 16.9. The molecule has 0 unspecified atom stereocenters. The maximum Gasteiger partial charge on any atom is 0.255 e. The van der Waals surface area contributed by atoms with Crippen molar-refractivity contribution in [2.45, 2.75) is 6.42 Å². The molecular formula is C19H18N2O2S. The third-order valence-electron chi connectivity index (χ3n) is 3.60. The standard InChI is InChI=1S/C19H18N2O2S/c1-23-17-10-6-5-9-15(17)19(22)20-12-11-18-21-16(13-24-18)14-7-3-2-4-8-14/h2-10,13H,11-12H2,1H3,(H,20,22). The van der Waals surface area contributed by atoms with Gasteiger partial charge in [-0.05, 0) is 12.1 Å². The fourth-order valence-corrected chi connectivity index (χ4v) is 3.19. The third-order valence-corrected chi connectivity index (χ3v) is 4.51. The Morgan fingerprint density at radius 1 is 1.12 bits per heavy atom. The van der Waals surface area contributed by atoms with Gasteiger partial charge in [0, 0.05) is 23.9 Å². The number of hydrogen-bond acceptors (Lipinski definition) is 4. The fraction of sp³-hybridized carbons (Fsp3) is 0.158. The Bertz CT molecular complexity index is 815. The van der Waals surface area contributed by atoms with Crippen LogP contribution in [0.3, 0.4) is 0 Å². The van der Waals surface area contributed by atoms with E-state index in [1.807, 2.05) is 47.8 Å². The van der Waals surface area contributed by atoms with E-state index in [4.69, 9.17) is 4.74 Å². The van der Waals surface area contributed by atoms with Crippen LogP contribution in [-0.2, 0) is 6.42 Å². The lowest BCUT2D eigenvalue weighted by molar-refractivity contribution is 0.0951. The molecule has 0 spiro atoms. The average Bonchev–Trinajstić information content (AvgIpc) is 3.11. The van der Waals surface area contributed by atoms with Crippen LogP contribution >= 0.6 is 11.3 Å². The second-order valence-corrected chi connectivity index (χ2v) is 6.14. The highest BCUT2D eigenvalue weighted by Gasteiger charge is 2.11. The molecule has 4 nitrogen and oxygen atoms in total. The first kappa shape index (κ1) is 16.2. The van der Waals surface area contributed by atoms with Crippen LogP contribution in [0.15, 0.2) is 60.0 Å². The summed E-state index contributed by atoms with van der Waals surface area (Å²) < 4.78 is 5.21. The van der Waals surface area contributed by atoms with Gasteiger partial charge in [0.1, 0.15) is 5.75 Å². The van der Waals surface area contributed by atoms with Gasteiger partial charge in [-0.1, -0.05) is 42.5 Å². The van der Waals surface area contributed by atoms with E-state index in [0.717, 1.165) is 16.3 Å². The Balaban J connectivity index is 1.57. The molecule has 1 N–H and O–H groups in total. The molecule has 2 aromatic carbocycles. The van der Waals surface area contributed by atoms with Crippen molar-refractivity contribution in [2.24, 2.45) is 0 Å². The summed E-state index contributed by atoms with van der Waals surface area (Å²) >= 11 is 1.61. The number of carbonyl (C=O) groups is 1. The van der Waals surface area contributed by atoms with E-state index in [-0.39, 0.29) is 5.91 Å². The number of benzene rings is 2. The lowest BCUT2D eigenvalue weighted by atomic mass is 10.2. The summed E-state index contributed by atoms with van der Waals surface area (Å²) in [6, 6.07) is 17.3. The van der Waals surface area contributed by atoms with Crippen molar-refractivity contribution in [1.82, 2.24) is 10.3 Å². The number of para-hydroxylation sites is 1. The summed E-state index contributed by atoms with van der Waals surface area (Å²) in [5.41, 5.74) is 2.63. The second kappa shape index (κ2) is 7.75. The van der Waals surface area contributed by atoms with Gasteiger partial charge >= 0.3 is 0 Å². The Kier molecular flexibility index (Phi) is 5.23. The number of methoxy groups -OCH3 is 1. The van der Waals surface area contributed by atoms with Crippen molar-refractivity contribution in [3.8, 4) is 17.0 Å². The molecule has 0 bridgehead atoms. The van der Waals surface area contributed by atoms with E-state index < -0.39 is 0 Å². The summed E-state index contributed by atoms with van der Waals surface area (Å²) in [7, 11) is 1.56. The molecule has 0 atom stereocenters. The molecule has 0 aliphatic heterocycles. The largest absolute Gasteiger partial charge is 0.496 e. The predicted molar refractivity (Wildman–Crippen MR) is 96.6 cm³/mol. The zero-order chi connectivity index (χ0) is 16.8. The van der Waals surface area contributed by atoms with Crippen LogP contribution in [-0.4, -0.2) is 24.5 Å². The number of aromatic nitrogens is 1. The number of nitrogens with one attached hydrogen (secondary N) is 1. The molecule has 3 rings (SSSR count). The van der Waals surface area contributed by atoms with Crippen molar-refractivity contribution < 1.29 is 9.53 Å². The monoisotopic (exact) mass is 338 g/mol. The van der Waals surface area contributed by atoms with Gasteiger partial charge in [-0.15, -0.1) is 11.3 Å². The summed E-state index contributed by atoms with van der Waals surface area (Å²) in [6.45, 7) is 0.540. The van der Waals surface area contributed by atoms with E-state index in [1.165, 1.54) is 0 Å². The third kappa shape index (κ3) is 3.81. The topological polar surface area (TPSA) is 51.2 Å². The van der Waals surface area contributed by atoms with Crippen molar-refractivity contribution >= 4 is 17.2 Å². The van der Waals surface area contributed by atoms with Crippen molar-refractivity contribution in [3.05, 3.63) is 70.5 Å². The molecule has 1 heterocycles. The van der Waals surface area contributed by atoms with Gasteiger partial charge in [0.05, 0.1) is 23.4 Å². The quantitative estimate of drug-likeness (QED) is 0.744. The highest BCUT2D eigenvalue weighted by atomic mass is 32.1. The maximum atomic E-state index is 12.2. The van der Waals surface area contributed by atoms with Gasteiger partial charge in [0.2, 0.25) is 0 Å². The Morgan fingerprint density at radius 2 is 1.88 bits per heavy atom. The summed E-state index contributed by atoms with van der Waals surface area (Å²) in [5, 5.41) is 5.98. The van der Waals surface area contributed by atoms with E-state index in [9.17, 15) is 4.79 Å². The molecule has 122 valence electrons. The predicted octanol–water partition coefficient (Wildman–Crippen LogP) is 3.79. The highest BCUT2D eigenvalue weighted by Crippen LogP contribution is 2.21. The SMILES string of the molecule is COc1ccccc1C(=O)NCCc1nc(-c2ccccc2)cs1. The molecule has 0 fully saturated rings. The van der Waals surface area contributed by atoms with Crippen LogP contribution in [0, 0.1) is 0 Å². The minimum absolute atomic E-state index is 0.132. The van der Waals surface area contributed by atoms with Crippen molar-refractivity contribution in [2.75, 3.05) is 13.7 Å². The van der Waals surface area contributed by atoms with Gasteiger partial charge in [-0.3, -0.25) is 4.79 Å². The Labute approximate surface area is 145 Å². The molecule has 0 aliphatic carbocycles. The van der Waals surface area contributed by atoms with E-state index >= 15 is 0 Å². The van der Waals surface area contributed by atoms with Crippen LogP contribution in [0.5, 0.6) is 5.75 Å². The molecule has 0 radical (unpaired) electrons. The lowest BCUT2D eigenvalue weighted by Crippen LogP contribution is -2.26. The van der Waals surface area contributed by atoms with E-state index in [1.54, 1.807) is 30.6 Å². The molecule has 0 aliphatic rings. The molecule has 0 saturated carbocycles. The molecule has 1 amide bonds. The lowest BCUT2D eigenvalue weighted by Gasteiger charge is -2.08. The minimum Gasteiger partial charge on any atom is -0.496 e. The van der Waals surface area contributed by atoms with E-state index in [2.05, 4.69) is 10.3 Å². The first-order chi connectivity index (χ1) is 11.8. The van der Waals surface area contributed by atoms with Crippen LogP contribution in [0.2, 0.25) is 0 Å². The zero-order valence-corrected chi connectivity index (χ0v) is 14.2. The van der Waals surface area contributed by atoms with Crippen molar-refractivity contribution in [3.63, 3.8) is 0 Å². The smallest absolute Gasteiger partial charge is 0.255 e. The molecule has 1 aromatic heterocycles. The van der Waals surface area contributed by atoms with Gasteiger partial charge in [0.25, 0.3) is 5.91 Å². The minimum atomic E-state index is -0.132. The molecule has 24 heavy (non-hydrogen) atoms. The Morgan fingerprint density at radius 3 is 2.67 bits per heavy atom. The molecule has 5 heteroatoms. The number of ether oxygens (including phenoxy) is 1. The first-order valence-electron chi connectivity index (χ1n) is 7.69. The molecular weight excluding hydrogens is 320 g/mol. The Hall–Kier alpha value is -2.66. The van der Waals surface area contributed by atoms with Crippen LogP contribution in [0.25, 0.3) is 11.3 Å². The number of amides is 1. The zero-order valence-electron chi connectivity index (χ0n) is 13.4. The molecule has 3 aromatic rings. The second-order valence-electron chi connectivity index (χ2n) is 5.20. The number of thiazole rings is 1. The number of nitrogens with zero attached hydrogens (tertiary/aromatic N) is 1. The van der Waals surface area contributed by atoms with Crippen LogP contribution < -0.4 is 10.1 Å². The van der Waals surface area contributed by atoms with E-state index in [0.29, 0.717) is 24.3 Å². The first-order valence-corrected chi connectivity index (χ1v) is 8.57. The number of hydrogen-bond donors (Lipinski definition) is 1. The van der Waals surface area contributed by atoms with Crippen LogP contribution in [0.4, 0.5) is 0 Å². The van der Waals surface area contributed by atoms with Crippen molar-refractivity contribution in [1.29, 1.82) is 0 Å². The maximum absolute atomic E-state index is 12.2. The average molecular weight is 338 g/mol. The number of carbonyl (C=O) groups excluding carboxylic acids is 1. The van der Waals surface area contributed by atoms with Gasteiger partial charge in [0.15, 0.2) is 0 Å². The normalized spacial score (nSPS) is 10.4. The van der Waals surface area contributed by atoms with Gasteiger partial charge in [-0.2, -0.15) is 0 Å². The fourth-order valence-electron chi connectivity index (χ4n) is 2.38. The summed E-state index contributed by atoms with van der Waals surface area (Å²) in [5.74, 6) is 0.447. The highest BCUT2D eigenvalue weighted by molar-refractivity contribution is 7.09.